The van der Waals surface area contributed by atoms with E-state index in [0.29, 0.717) is 31.2 Å². The first-order valence-electron chi connectivity index (χ1n) is 10.9. The summed E-state index contributed by atoms with van der Waals surface area (Å²) >= 11 is 0. The monoisotopic (exact) mass is 459 g/mol. The molecular formula is C24H23F2NO6. The zero-order chi connectivity index (χ0) is 23.4. The second-order valence-electron chi connectivity index (χ2n) is 8.92. The van der Waals surface area contributed by atoms with E-state index in [4.69, 9.17) is 9.84 Å². The Morgan fingerprint density at radius 3 is 2.39 bits per heavy atom. The Morgan fingerprint density at radius 1 is 1.03 bits per heavy atom. The zero-order valence-corrected chi connectivity index (χ0v) is 17.8. The van der Waals surface area contributed by atoms with Gasteiger partial charge >= 0.3 is 12.3 Å². The van der Waals surface area contributed by atoms with Crippen molar-refractivity contribution in [1.82, 2.24) is 5.32 Å². The number of halogens is 2. The van der Waals surface area contributed by atoms with Crippen LogP contribution in [0.1, 0.15) is 60.2 Å². The number of benzene rings is 2. The van der Waals surface area contributed by atoms with Crippen LogP contribution in [-0.4, -0.2) is 35.4 Å². The standard InChI is InChI=1S/C24H23F2NO6/c1-13-10-17(12-19(31-13)14-2-4-15(5-3-14)21(28)29)27-22(30)23(8-9-23)16-6-7-18-20(11-16)33-24(25,26)32-18/h2-7,11,13,17,19H,8-10,12H2,1H3,(H,27,30)(H,28,29)/t13-,17+,19-/m0/s1. The highest BCUT2D eigenvalue weighted by Crippen LogP contribution is 2.52. The van der Waals surface area contributed by atoms with Crippen molar-refractivity contribution in [2.75, 3.05) is 0 Å². The summed E-state index contributed by atoms with van der Waals surface area (Å²) in [5.74, 6) is -1.25. The molecule has 2 N–H and O–H groups in total. The molecule has 2 heterocycles. The summed E-state index contributed by atoms with van der Waals surface area (Å²) in [6, 6.07) is 10.9. The molecule has 2 aromatic rings. The molecule has 0 bridgehead atoms. The van der Waals surface area contributed by atoms with Gasteiger partial charge < -0.3 is 24.6 Å². The van der Waals surface area contributed by atoms with Crippen LogP contribution in [0.4, 0.5) is 8.78 Å². The van der Waals surface area contributed by atoms with Crippen LogP contribution in [0.2, 0.25) is 0 Å². The highest BCUT2D eigenvalue weighted by atomic mass is 19.3. The molecule has 3 atom stereocenters. The number of carbonyl (C=O) groups excluding carboxylic acids is 1. The smallest absolute Gasteiger partial charge is 0.478 e. The first kappa shape index (κ1) is 21.6. The summed E-state index contributed by atoms with van der Waals surface area (Å²) in [5, 5.41) is 12.2. The van der Waals surface area contributed by atoms with Gasteiger partial charge in [0.25, 0.3) is 0 Å². The molecule has 0 spiro atoms. The van der Waals surface area contributed by atoms with Crippen LogP contribution in [0, 0.1) is 0 Å². The summed E-state index contributed by atoms with van der Waals surface area (Å²) < 4.78 is 41.8. The SMILES string of the molecule is C[C@H]1C[C@@H](NC(=O)C2(c3ccc4c(c3)OC(F)(F)O4)CC2)C[C@@H](c2ccc(C(=O)O)cc2)O1. The third kappa shape index (κ3) is 4.13. The average molecular weight is 459 g/mol. The Labute approximate surface area is 188 Å². The fourth-order valence-electron chi connectivity index (χ4n) is 4.66. The largest absolute Gasteiger partial charge is 0.586 e. The molecule has 7 nitrogen and oxygen atoms in total. The van der Waals surface area contributed by atoms with Crippen molar-refractivity contribution in [3.8, 4) is 11.5 Å². The topological polar surface area (TPSA) is 94.1 Å². The van der Waals surface area contributed by atoms with Crippen LogP contribution in [0.15, 0.2) is 42.5 Å². The Hall–Kier alpha value is -3.20. The second kappa shape index (κ2) is 7.69. The van der Waals surface area contributed by atoms with E-state index in [-0.39, 0.29) is 41.2 Å². The van der Waals surface area contributed by atoms with Crippen molar-refractivity contribution in [2.45, 2.75) is 62.6 Å². The molecule has 174 valence electrons. The van der Waals surface area contributed by atoms with E-state index in [1.165, 1.54) is 24.3 Å². The lowest BCUT2D eigenvalue weighted by Gasteiger charge is -2.35. The molecule has 1 saturated heterocycles. The number of carboxylic acids is 1. The van der Waals surface area contributed by atoms with Gasteiger partial charge in [-0.3, -0.25) is 4.79 Å². The first-order chi connectivity index (χ1) is 15.6. The lowest BCUT2D eigenvalue weighted by Crippen LogP contribution is -2.46. The molecule has 0 radical (unpaired) electrons. The maximum Gasteiger partial charge on any atom is 0.586 e. The molecule has 0 aromatic heterocycles. The quantitative estimate of drug-likeness (QED) is 0.697. The van der Waals surface area contributed by atoms with Crippen molar-refractivity contribution in [1.29, 1.82) is 0 Å². The molecule has 1 aliphatic carbocycles. The maximum atomic E-state index is 13.4. The summed E-state index contributed by atoms with van der Waals surface area (Å²) in [6.45, 7) is 1.93. The Kier molecular flexibility index (Phi) is 5.04. The van der Waals surface area contributed by atoms with Gasteiger partial charge in [0.15, 0.2) is 11.5 Å². The third-order valence-electron chi connectivity index (χ3n) is 6.51. The summed E-state index contributed by atoms with van der Waals surface area (Å²) in [7, 11) is 0. The third-order valence-corrected chi connectivity index (χ3v) is 6.51. The van der Waals surface area contributed by atoms with Crippen molar-refractivity contribution in [3.05, 3.63) is 59.2 Å². The molecular weight excluding hydrogens is 436 g/mol. The molecule has 0 unspecified atom stereocenters. The Balaban J connectivity index is 1.29. The number of aromatic carboxylic acids is 1. The average Bonchev–Trinajstić information content (AvgIpc) is 3.50. The number of ether oxygens (including phenoxy) is 3. The second-order valence-corrected chi connectivity index (χ2v) is 8.92. The fourth-order valence-corrected chi connectivity index (χ4v) is 4.66. The van der Waals surface area contributed by atoms with E-state index in [0.717, 1.165) is 5.56 Å². The number of alkyl halides is 2. The Bertz CT molecular complexity index is 1100. The number of amides is 1. The predicted molar refractivity (Wildman–Crippen MR) is 111 cm³/mol. The maximum absolute atomic E-state index is 13.4. The lowest BCUT2D eigenvalue weighted by atomic mass is 9.91. The van der Waals surface area contributed by atoms with Crippen molar-refractivity contribution < 1.29 is 37.7 Å². The Morgan fingerprint density at radius 2 is 1.73 bits per heavy atom. The molecule has 2 aliphatic heterocycles. The molecule has 33 heavy (non-hydrogen) atoms. The van der Waals surface area contributed by atoms with E-state index < -0.39 is 17.7 Å². The van der Waals surface area contributed by atoms with Crippen molar-refractivity contribution in [2.24, 2.45) is 0 Å². The van der Waals surface area contributed by atoms with Gasteiger partial charge in [0.2, 0.25) is 5.91 Å². The van der Waals surface area contributed by atoms with Gasteiger partial charge in [0.1, 0.15) is 0 Å². The van der Waals surface area contributed by atoms with Gasteiger partial charge in [-0.25, -0.2) is 4.79 Å². The number of carboxylic acid groups (broad SMARTS) is 1. The summed E-state index contributed by atoms with van der Waals surface area (Å²) in [6.07, 6.45) is -1.65. The first-order valence-corrected chi connectivity index (χ1v) is 10.9. The van der Waals surface area contributed by atoms with E-state index in [2.05, 4.69) is 14.8 Å². The predicted octanol–water partition coefficient (Wildman–Crippen LogP) is 4.16. The minimum Gasteiger partial charge on any atom is -0.478 e. The molecule has 3 aliphatic rings. The van der Waals surface area contributed by atoms with Gasteiger partial charge in [-0.15, -0.1) is 8.78 Å². The highest BCUT2D eigenvalue weighted by molar-refractivity contribution is 5.91. The summed E-state index contributed by atoms with van der Waals surface area (Å²) in [4.78, 5) is 24.3. The van der Waals surface area contributed by atoms with Crippen LogP contribution in [0.3, 0.4) is 0 Å². The molecule has 9 heteroatoms. The minimum atomic E-state index is -3.70. The molecule has 2 fully saturated rings. The van der Waals surface area contributed by atoms with E-state index in [1.54, 1.807) is 18.2 Å². The van der Waals surface area contributed by atoms with E-state index in [9.17, 15) is 18.4 Å². The van der Waals surface area contributed by atoms with Gasteiger partial charge in [-0.2, -0.15) is 0 Å². The molecule has 5 rings (SSSR count). The van der Waals surface area contributed by atoms with Crippen LogP contribution in [0.5, 0.6) is 11.5 Å². The van der Waals surface area contributed by atoms with Gasteiger partial charge in [0, 0.05) is 6.04 Å². The number of carbonyl (C=O) groups is 2. The molecule has 1 saturated carbocycles. The van der Waals surface area contributed by atoms with Crippen LogP contribution >= 0.6 is 0 Å². The van der Waals surface area contributed by atoms with Crippen LogP contribution in [-0.2, 0) is 14.9 Å². The summed E-state index contributed by atoms with van der Waals surface area (Å²) in [5.41, 5.74) is 0.908. The minimum absolute atomic E-state index is 0.0463. The number of nitrogens with one attached hydrogen (secondary N) is 1. The van der Waals surface area contributed by atoms with E-state index >= 15 is 0 Å². The van der Waals surface area contributed by atoms with Crippen molar-refractivity contribution in [3.63, 3.8) is 0 Å². The number of fused-ring (bicyclic) bond motifs is 1. The normalized spacial score (nSPS) is 26.5. The molecule has 2 aromatic carbocycles. The van der Waals surface area contributed by atoms with Crippen LogP contribution < -0.4 is 14.8 Å². The van der Waals surface area contributed by atoms with Crippen LogP contribution in [0.25, 0.3) is 0 Å². The number of hydrogen-bond donors (Lipinski definition) is 2. The fraction of sp³-hybridized carbons (Fsp3) is 0.417. The highest BCUT2D eigenvalue weighted by Gasteiger charge is 2.53. The number of rotatable bonds is 5. The van der Waals surface area contributed by atoms with Gasteiger partial charge in [-0.1, -0.05) is 18.2 Å². The lowest BCUT2D eigenvalue weighted by molar-refractivity contribution is -0.286. The van der Waals surface area contributed by atoms with Crippen molar-refractivity contribution >= 4 is 11.9 Å². The molecule has 1 amide bonds. The number of hydrogen-bond acceptors (Lipinski definition) is 5. The van der Waals surface area contributed by atoms with E-state index in [1.807, 2.05) is 6.92 Å². The van der Waals surface area contributed by atoms with Gasteiger partial charge in [0.05, 0.1) is 23.2 Å². The van der Waals surface area contributed by atoms with Gasteiger partial charge in [-0.05, 0) is 68.0 Å². The zero-order valence-electron chi connectivity index (χ0n) is 17.8.